The lowest BCUT2D eigenvalue weighted by molar-refractivity contribution is 0.124. The van der Waals surface area contributed by atoms with Crippen LogP contribution in [0.3, 0.4) is 0 Å². The summed E-state index contributed by atoms with van der Waals surface area (Å²) in [4.78, 5) is 5.21. The van der Waals surface area contributed by atoms with Crippen LogP contribution >= 0.6 is 0 Å². The summed E-state index contributed by atoms with van der Waals surface area (Å²) in [5.74, 6) is 0.796. The van der Waals surface area contributed by atoms with Crippen molar-refractivity contribution in [1.82, 2.24) is 9.80 Å². The van der Waals surface area contributed by atoms with Gasteiger partial charge >= 0.3 is 0 Å². The molecule has 3 heteroatoms. The molecule has 2 aliphatic heterocycles. The third-order valence-corrected chi connectivity index (χ3v) is 4.42. The molecule has 0 saturated carbocycles. The van der Waals surface area contributed by atoms with E-state index in [1.807, 2.05) is 0 Å². The lowest BCUT2D eigenvalue weighted by Gasteiger charge is -2.37. The number of rotatable bonds is 2. The van der Waals surface area contributed by atoms with Crippen LogP contribution in [0.5, 0.6) is 0 Å². The molecule has 0 spiro atoms. The Labute approximate surface area is 100.0 Å². The summed E-state index contributed by atoms with van der Waals surface area (Å²) < 4.78 is 0. The fraction of sp³-hybridized carbons (Fsp3) is 1.00. The van der Waals surface area contributed by atoms with Crippen LogP contribution in [0.1, 0.15) is 32.1 Å². The van der Waals surface area contributed by atoms with Gasteiger partial charge in [-0.1, -0.05) is 0 Å². The van der Waals surface area contributed by atoms with Gasteiger partial charge in [-0.2, -0.15) is 0 Å². The molecule has 1 unspecified atom stereocenters. The average molecular weight is 225 g/mol. The lowest BCUT2D eigenvalue weighted by atomic mass is 9.94. The standard InChI is InChI=1S/C13H27N3/c1-15-7-2-3-13(6-8-15)16-9-4-12(11-14)5-10-16/h12-13H,2-11,14H2,1H3. The lowest BCUT2D eigenvalue weighted by Crippen LogP contribution is -2.43. The van der Waals surface area contributed by atoms with Crippen molar-refractivity contribution >= 4 is 0 Å². The summed E-state index contributed by atoms with van der Waals surface area (Å²) in [6.45, 7) is 6.03. The van der Waals surface area contributed by atoms with Crippen molar-refractivity contribution in [3.8, 4) is 0 Å². The van der Waals surface area contributed by atoms with E-state index in [9.17, 15) is 0 Å². The molecule has 2 saturated heterocycles. The molecule has 3 nitrogen and oxygen atoms in total. The second kappa shape index (κ2) is 5.99. The third kappa shape index (κ3) is 3.19. The van der Waals surface area contributed by atoms with Gasteiger partial charge in [-0.05, 0) is 77.8 Å². The number of piperidine rings is 1. The molecule has 94 valence electrons. The second-order valence-corrected chi connectivity index (χ2v) is 5.60. The van der Waals surface area contributed by atoms with E-state index >= 15 is 0 Å². The van der Waals surface area contributed by atoms with Gasteiger partial charge in [0.1, 0.15) is 0 Å². The molecule has 0 radical (unpaired) electrons. The first kappa shape index (κ1) is 12.3. The number of hydrogen-bond acceptors (Lipinski definition) is 3. The molecule has 0 aromatic heterocycles. The minimum atomic E-state index is 0.796. The molecule has 0 aromatic rings. The largest absolute Gasteiger partial charge is 0.330 e. The van der Waals surface area contributed by atoms with E-state index in [1.165, 1.54) is 58.3 Å². The quantitative estimate of drug-likeness (QED) is 0.765. The summed E-state index contributed by atoms with van der Waals surface area (Å²) in [6.07, 6.45) is 6.78. The molecule has 0 amide bonds. The molecule has 2 fully saturated rings. The molecule has 2 rings (SSSR count). The van der Waals surface area contributed by atoms with Gasteiger partial charge in [0.15, 0.2) is 0 Å². The van der Waals surface area contributed by atoms with E-state index < -0.39 is 0 Å². The van der Waals surface area contributed by atoms with Gasteiger partial charge in [-0.15, -0.1) is 0 Å². The van der Waals surface area contributed by atoms with Gasteiger partial charge in [-0.3, -0.25) is 0 Å². The Balaban J connectivity index is 1.79. The van der Waals surface area contributed by atoms with Crippen LogP contribution in [-0.2, 0) is 0 Å². The number of nitrogens with two attached hydrogens (primary N) is 1. The first-order valence-corrected chi connectivity index (χ1v) is 6.92. The van der Waals surface area contributed by atoms with Crippen molar-refractivity contribution < 1.29 is 0 Å². The first-order valence-electron chi connectivity index (χ1n) is 6.92. The van der Waals surface area contributed by atoms with Gasteiger partial charge in [0.25, 0.3) is 0 Å². The highest BCUT2D eigenvalue weighted by Gasteiger charge is 2.25. The minimum Gasteiger partial charge on any atom is -0.330 e. The molecule has 2 heterocycles. The summed E-state index contributed by atoms with van der Waals surface area (Å²) >= 11 is 0. The minimum absolute atomic E-state index is 0.796. The van der Waals surface area contributed by atoms with E-state index in [0.717, 1.165) is 18.5 Å². The fourth-order valence-corrected chi connectivity index (χ4v) is 3.14. The monoisotopic (exact) mass is 225 g/mol. The molecular formula is C13H27N3. The first-order chi connectivity index (χ1) is 7.79. The normalized spacial score (nSPS) is 31.5. The number of nitrogens with zero attached hydrogens (tertiary/aromatic N) is 2. The van der Waals surface area contributed by atoms with E-state index in [4.69, 9.17) is 5.73 Å². The molecule has 0 aromatic carbocycles. The molecule has 2 aliphatic rings. The SMILES string of the molecule is CN1CCCC(N2CCC(CN)CC2)CC1. The van der Waals surface area contributed by atoms with Gasteiger partial charge in [-0.25, -0.2) is 0 Å². The van der Waals surface area contributed by atoms with Crippen molar-refractivity contribution in [2.24, 2.45) is 11.7 Å². The van der Waals surface area contributed by atoms with Crippen molar-refractivity contribution in [3.05, 3.63) is 0 Å². The van der Waals surface area contributed by atoms with Crippen molar-refractivity contribution in [2.75, 3.05) is 39.8 Å². The zero-order valence-corrected chi connectivity index (χ0v) is 10.7. The highest BCUT2D eigenvalue weighted by Crippen LogP contribution is 2.23. The van der Waals surface area contributed by atoms with E-state index in [-0.39, 0.29) is 0 Å². The Hall–Kier alpha value is -0.120. The van der Waals surface area contributed by atoms with Crippen LogP contribution < -0.4 is 5.73 Å². The predicted molar refractivity (Wildman–Crippen MR) is 68.5 cm³/mol. The molecule has 2 N–H and O–H groups in total. The highest BCUT2D eigenvalue weighted by atomic mass is 15.2. The highest BCUT2D eigenvalue weighted by molar-refractivity contribution is 4.81. The Kier molecular flexibility index (Phi) is 4.62. The van der Waals surface area contributed by atoms with Crippen LogP contribution in [0.2, 0.25) is 0 Å². The smallest absolute Gasteiger partial charge is 0.0108 e. The van der Waals surface area contributed by atoms with Crippen LogP contribution in [0.25, 0.3) is 0 Å². The molecule has 1 atom stereocenters. The zero-order chi connectivity index (χ0) is 11.4. The van der Waals surface area contributed by atoms with Crippen molar-refractivity contribution in [1.29, 1.82) is 0 Å². The summed E-state index contributed by atoms with van der Waals surface area (Å²) in [7, 11) is 2.25. The molecule has 0 aliphatic carbocycles. The van der Waals surface area contributed by atoms with Gasteiger partial charge in [0.05, 0.1) is 0 Å². The van der Waals surface area contributed by atoms with E-state index in [2.05, 4.69) is 16.8 Å². The number of hydrogen-bond donors (Lipinski definition) is 1. The van der Waals surface area contributed by atoms with Crippen molar-refractivity contribution in [2.45, 2.75) is 38.1 Å². The van der Waals surface area contributed by atoms with Crippen LogP contribution in [0.15, 0.2) is 0 Å². The average Bonchev–Trinajstić information content (AvgIpc) is 2.54. The Bertz CT molecular complexity index is 199. The number of likely N-dealkylation sites (tertiary alicyclic amines) is 2. The molecule has 16 heavy (non-hydrogen) atoms. The van der Waals surface area contributed by atoms with E-state index in [0.29, 0.717) is 0 Å². The second-order valence-electron chi connectivity index (χ2n) is 5.60. The summed E-state index contributed by atoms with van der Waals surface area (Å²) in [5.41, 5.74) is 5.75. The Morgan fingerprint density at radius 3 is 2.44 bits per heavy atom. The maximum Gasteiger partial charge on any atom is 0.0108 e. The summed E-state index contributed by atoms with van der Waals surface area (Å²) in [5, 5.41) is 0. The fourth-order valence-electron chi connectivity index (χ4n) is 3.14. The van der Waals surface area contributed by atoms with Gasteiger partial charge < -0.3 is 15.5 Å². The van der Waals surface area contributed by atoms with E-state index in [1.54, 1.807) is 0 Å². The molecule has 0 bridgehead atoms. The molecular weight excluding hydrogens is 198 g/mol. The Morgan fingerprint density at radius 2 is 1.75 bits per heavy atom. The predicted octanol–water partition coefficient (Wildman–Crippen LogP) is 1.14. The van der Waals surface area contributed by atoms with Crippen LogP contribution in [-0.4, -0.2) is 55.6 Å². The summed E-state index contributed by atoms with van der Waals surface area (Å²) in [6, 6.07) is 0.851. The maximum absolute atomic E-state index is 5.75. The topological polar surface area (TPSA) is 32.5 Å². The van der Waals surface area contributed by atoms with Crippen LogP contribution in [0, 0.1) is 5.92 Å². The van der Waals surface area contributed by atoms with Crippen LogP contribution in [0.4, 0.5) is 0 Å². The van der Waals surface area contributed by atoms with Gasteiger partial charge in [0.2, 0.25) is 0 Å². The Morgan fingerprint density at radius 1 is 1.00 bits per heavy atom. The maximum atomic E-state index is 5.75. The van der Waals surface area contributed by atoms with Gasteiger partial charge in [0, 0.05) is 6.04 Å². The third-order valence-electron chi connectivity index (χ3n) is 4.42. The van der Waals surface area contributed by atoms with Crippen molar-refractivity contribution in [3.63, 3.8) is 0 Å². The zero-order valence-electron chi connectivity index (χ0n) is 10.7.